The van der Waals surface area contributed by atoms with E-state index in [1.54, 1.807) is 18.7 Å². The third kappa shape index (κ3) is 4.52. The first-order chi connectivity index (χ1) is 3.50. The van der Waals surface area contributed by atoms with E-state index < -0.39 is 0 Å². The van der Waals surface area contributed by atoms with E-state index in [1.807, 2.05) is 0 Å². The zero-order valence-electron chi connectivity index (χ0n) is 3.44. The lowest BCUT2D eigenvalue weighted by Crippen LogP contribution is -1.44. The van der Waals surface area contributed by atoms with Gasteiger partial charge in [0.05, 0.1) is 6.33 Å². The summed E-state index contributed by atoms with van der Waals surface area (Å²) in [4.78, 5) is 6.42. The number of nitrogens with zero attached hydrogens (tertiary/aromatic N) is 1. The Kier molecular flexibility index (Phi) is 7.31. The molecular weight excluding hydrogens is 318 g/mol. The first-order valence-electron chi connectivity index (χ1n) is 1.57. The molecule has 0 radical (unpaired) electrons. The molecule has 0 fully saturated rings. The highest BCUT2D eigenvalue weighted by Gasteiger charge is 1.56. The summed E-state index contributed by atoms with van der Waals surface area (Å²) in [6, 6.07) is 0. The minimum Gasteiger partial charge on any atom is -0.351 e. The normalized spacial score (nSPS) is 6.57. The summed E-state index contributed by atoms with van der Waals surface area (Å²) < 4.78 is 0. The monoisotopic (exact) mass is 322 g/mol. The number of nitrogens with one attached hydrogen (secondary N) is 1. The molecule has 0 aliphatic rings. The van der Waals surface area contributed by atoms with Crippen LogP contribution in [0.3, 0.4) is 0 Å². The fourth-order valence-electron chi connectivity index (χ4n) is 0.215. The summed E-state index contributed by atoms with van der Waals surface area (Å²) in [5, 5.41) is 0. The molecule has 0 atom stereocenters. The summed E-state index contributed by atoms with van der Waals surface area (Å²) in [5.41, 5.74) is 0. The largest absolute Gasteiger partial charge is 0.351 e. The van der Waals surface area contributed by atoms with Gasteiger partial charge in [0, 0.05) is 49.6 Å². The molecule has 4 heteroatoms. The highest BCUT2D eigenvalue weighted by molar-refractivity contribution is 15.0. The Morgan fingerprint density at radius 2 is 2.14 bits per heavy atom. The van der Waals surface area contributed by atoms with Crippen LogP contribution >= 0.6 is 37.2 Å². The average Bonchev–Trinajstić information content (AvgIpc) is 2.23. The number of hydrogen-bond acceptors (Lipinski definition) is 1. The lowest BCUT2D eigenvalue weighted by Gasteiger charge is -1.46. The van der Waals surface area contributed by atoms with Crippen molar-refractivity contribution >= 4 is 37.2 Å². The van der Waals surface area contributed by atoms with Gasteiger partial charge in [0.1, 0.15) is 0 Å². The summed E-state index contributed by atoms with van der Waals surface area (Å²) >= 11 is 4.24. The van der Waals surface area contributed by atoms with Crippen LogP contribution in [0.2, 0.25) is 0 Å². The average molecular weight is 322 g/mol. The molecule has 1 N–H and O–H groups in total. The zero-order chi connectivity index (χ0) is 5.54. The first kappa shape index (κ1) is 7.67. The molecule has 0 aliphatic heterocycles. The Morgan fingerprint density at radius 3 is 2.29 bits per heavy atom. The van der Waals surface area contributed by atoms with Crippen LogP contribution in [0.25, 0.3) is 0 Å². The van der Waals surface area contributed by atoms with Crippen molar-refractivity contribution in [3.8, 4) is 0 Å². The third-order valence-corrected chi connectivity index (χ3v) is 0.406. The topological polar surface area (TPSA) is 28.7 Å². The molecular formula is C3H4I2N2. The molecule has 0 saturated carbocycles. The molecule has 1 rings (SSSR count). The van der Waals surface area contributed by atoms with Gasteiger partial charge in [-0.25, -0.2) is 4.98 Å². The predicted octanol–water partition coefficient (Wildman–Crippen LogP) is 2.18. The van der Waals surface area contributed by atoms with Crippen molar-refractivity contribution in [2.75, 3.05) is 0 Å². The summed E-state index contributed by atoms with van der Waals surface area (Å²) in [5.74, 6) is 0. The van der Waals surface area contributed by atoms with Gasteiger partial charge in [-0.3, -0.25) is 0 Å². The number of H-pyrrole nitrogens is 1. The summed E-state index contributed by atoms with van der Waals surface area (Å²) in [6.45, 7) is 0. The standard InChI is InChI=1S/C3H4N2.I2/c1-2-5-3-4-1;1-2/h1-3H,(H,4,5);. The van der Waals surface area contributed by atoms with Crippen LogP contribution in [0.1, 0.15) is 0 Å². The molecule has 7 heavy (non-hydrogen) atoms. The van der Waals surface area contributed by atoms with Gasteiger partial charge in [-0.2, -0.15) is 0 Å². The second kappa shape index (κ2) is 6.67. The second-order valence-corrected chi connectivity index (χ2v) is 0.761. The van der Waals surface area contributed by atoms with E-state index in [2.05, 4.69) is 47.2 Å². The van der Waals surface area contributed by atoms with Gasteiger partial charge in [-0.1, -0.05) is 0 Å². The van der Waals surface area contributed by atoms with Gasteiger partial charge in [0.25, 0.3) is 0 Å². The van der Waals surface area contributed by atoms with Crippen molar-refractivity contribution in [1.29, 1.82) is 0 Å². The Hall–Kier alpha value is 0.670. The maximum absolute atomic E-state index is 3.67. The highest BCUT2D eigenvalue weighted by atomic mass is 128. The Bertz CT molecular complexity index is 67.4. The highest BCUT2D eigenvalue weighted by Crippen LogP contribution is 1.89. The molecule has 1 aromatic heterocycles. The van der Waals surface area contributed by atoms with Gasteiger partial charge >= 0.3 is 0 Å². The van der Waals surface area contributed by atoms with E-state index in [9.17, 15) is 0 Å². The summed E-state index contributed by atoms with van der Waals surface area (Å²) in [7, 11) is 0. The van der Waals surface area contributed by atoms with Crippen LogP contribution in [0, 0.1) is 0 Å². The number of rotatable bonds is 0. The minimum atomic E-state index is 1.62. The van der Waals surface area contributed by atoms with E-state index in [1.165, 1.54) is 0 Å². The van der Waals surface area contributed by atoms with Crippen LogP contribution in [0.4, 0.5) is 0 Å². The number of aromatic amines is 1. The fourth-order valence-corrected chi connectivity index (χ4v) is 0.215. The third-order valence-electron chi connectivity index (χ3n) is 0.406. The number of aromatic nitrogens is 2. The van der Waals surface area contributed by atoms with E-state index in [0.29, 0.717) is 0 Å². The molecule has 0 spiro atoms. The number of hydrogen-bond donors (Lipinski definition) is 1. The van der Waals surface area contributed by atoms with E-state index in [0.717, 1.165) is 0 Å². The van der Waals surface area contributed by atoms with E-state index >= 15 is 0 Å². The van der Waals surface area contributed by atoms with E-state index in [-0.39, 0.29) is 0 Å². The van der Waals surface area contributed by atoms with Crippen LogP contribution in [-0.2, 0) is 0 Å². The second-order valence-electron chi connectivity index (χ2n) is 0.761. The van der Waals surface area contributed by atoms with Gasteiger partial charge in [0.2, 0.25) is 0 Å². The maximum atomic E-state index is 3.67. The molecule has 40 valence electrons. The van der Waals surface area contributed by atoms with Gasteiger partial charge < -0.3 is 4.98 Å². The molecule has 1 aromatic rings. The van der Waals surface area contributed by atoms with Crippen LogP contribution in [0.5, 0.6) is 0 Å². The summed E-state index contributed by atoms with van der Waals surface area (Å²) in [6.07, 6.45) is 5.08. The Morgan fingerprint density at radius 1 is 1.43 bits per heavy atom. The molecule has 0 unspecified atom stereocenters. The zero-order valence-corrected chi connectivity index (χ0v) is 7.75. The number of imidazole rings is 1. The van der Waals surface area contributed by atoms with Crippen molar-refractivity contribution in [1.82, 2.24) is 9.97 Å². The molecule has 1 heterocycles. The van der Waals surface area contributed by atoms with Crippen LogP contribution in [-0.4, -0.2) is 9.97 Å². The lowest BCUT2D eigenvalue weighted by atomic mass is 11.0. The maximum Gasteiger partial charge on any atom is 0.0919 e. The smallest absolute Gasteiger partial charge is 0.0919 e. The molecule has 0 amide bonds. The molecule has 2 nitrogen and oxygen atoms in total. The molecule has 0 bridgehead atoms. The SMILES string of the molecule is II.c1c[nH]cn1. The molecule has 0 aromatic carbocycles. The Balaban J connectivity index is 0.000000162. The molecule has 0 aliphatic carbocycles. The number of halogens is 2. The van der Waals surface area contributed by atoms with Crippen LogP contribution < -0.4 is 0 Å². The van der Waals surface area contributed by atoms with Crippen molar-refractivity contribution < 1.29 is 0 Å². The fraction of sp³-hybridized carbons (Fsp3) is 0. The lowest BCUT2D eigenvalue weighted by molar-refractivity contribution is 1.31. The van der Waals surface area contributed by atoms with Crippen molar-refractivity contribution in [2.24, 2.45) is 0 Å². The first-order valence-corrected chi connectivity index (χ1v) is 7.86. The van der Waals surface area contributed by atoms with Gasteiger partial charge in [0.15, 0.2) is 0 Å². The van der Waals surface area contributed by atoms with Gasteiger partial charge in [-0.15, -0.1) is 0 Å². The predicted molar refractivity (Wildman–Crippen MR) is 46.6 cm³/mol. The van der Waals surface area contributed by atoms with Gasteiger partial charge in [-0.05, 0) is 0 Å². The Labute approximate surface area is 65.4 Å². The van der Waals surface area contributed by atoms with Crippen LogP contribution in [0.15, 0.2) is 18.7 Å². The minimum absolute atomic E-state index is 1.62. The molecule has 0 saturated heterocycles. The quantitative estimate of drug-likeness (QED) is 0.729. The van der Waals surface area contributed by atoms with Crippen molar-refractivity contribution in [3.63, 3.8) is 0 Å². The van der Waals surface area contributed by atoms with E-state index in [4.69, 9.17) is 0 Å². The van der Waals surface area contributed by atoms with Crippen molar-refractivity contribution in [3.05, 3.63) is 18.7 Å². The van der Waals surface area contributed by atoms with Crippen molar-refractivity contribution in [2.45, 2.75) is 0 Å².